The predicted octanol–water partition coefficient (Wildman–Crippen LogP) is 4.35. The number of likely N-dealkylation sites (tertiary alicyclic amines) is 1. The first-order valence-electron chi connectivity index (χ1n) is 11.5. The Balaban J connectivity index is 1.61. The molecule has 0 bridgehead atoms. The number of nitrogens with one attached hydrogen (secondary N) is 1. The van der Waals surface area contributed by atoms with Gasteiger partial charge in [0.15, 0.2) is 0 Å². The van der Waals surface area contributed by atoms with E-state index in [4.69, 9.17) is 18.6 Å². The van der Waals surface area contributed by atoms with Gasteiger partial charge in [0.1, 0.15) is 24.9 Å². The molecular formula is C23H29F3N4O7. The number of alkyl carbamates (subject to hydrolysis) is 1. The number of carbonyl (C=O) groups excluding carboxylic acids is 2. The third kappa shape index (κ3) is 9.44. The van der Waals surface area contributed by atoms with E-state index in [9.17, 15) is 22.8 Å². The van der Waals surface area contributed by atoms with E-state index in [-0.39, 0.29) is 25.1 Å². The summed E-state index contributed by atoms with van der Waals surface area (Å²) in [5, 5.41) is 10.3. The van der Waals surface area contributed by atoms with E-state index in [1.807, 2.05) is 30.3 Å². The second-order valence-electron chi connectivity index (χ2n) is 9.18. The number of rotatable bonds is 8. The maximum Gasteiger partial charge on any atom is 0.522 e. The molecule has 14 heteroatoms. The van der Waals surface area contributed by atoms with Crippen molar-refractivity contribution in [2.24, 2.45) is 0 Å². The van der Waals surface area contributed by atoms with Crippen LogP contribution in [-0.2, 0) is 20.8 Å². The number of hydrogen-bond donors (Lipinski definition) is 1. The molecule has 0 radical (unpaired) electrons. The molecule has 1 fully saturated rings. The van der Waals surface area contributed by atoms with Crippen molar-refractivity contribution in [3.63, 3.8) is 0 Å². The maximum absolute atomic E-state index is 13.0. The lowest BCUT2D eigenvalue weighted by atomic mass is 9.98. The van der Waals surface area contributed by atoms with Crippen molar-refractivity contribution in [2.75, 3.05) is 19.8 Å². The topological polar surface area (TPSA) is 125 Å². The lowest BCUT2D eigenvalue weighted by Crippen LogP contribution is -2.52. The Labute approximate surface area is 211 Å². The number of hydrogen-bond acceptors (Lipinski definition) is 9. The van der Waals surface area contributed by atoms with Crippen LogP contribution in [0.3, 0.4) is 0 Å². The Hall–Kier alpha value is -3.55. The minimum atomic E-state index is -4.78. The van der Waals surface area contributed by atoms with Gasteiger partial charge in [-0.05, 0) is 39.2 Å². The van der Waals surface area contributed by atoms with Crippen molar-refractivity contribution in [2.45, 2.75) is 64.3 Å². The number of nitrogens with zero attached hydrogens (tertiary/aromatic N) is 3. The van der Waals surface area contributed by atoms with Crippen LogP contribution in [0.15, 0.2) is 34.7 Å². The number of piperidine rings is 1. The standard InChI is InChI=1S/C23H29F3N4O7/c1-22(2,3)37-21(32)30-13-16(27-19(31)34-14-15-7-5-4-6-8-15)9-10-17(30)18-28-29-20(36-18)33-11-12-35-23(24,25)26/h4-8,16-17H,9-14H2,1-3H3,(H,27,31)/t16-,17+/m0/s1. The first-order chi connectivity index (χ1) is 17.4. The van der Waals surface area contributed by atoms with Gasteiger partial charge >= 0.3 is 24.6 Å². The van der Waals surface area contributed by atoms with Gasteiger partial charge in [-0.15, -0.1) is 18.3 Å². The fourth-order valence-corrected chi connectivity index (χ4v) is 3.50. The average Bonchev–Trinajstić information content (AvgIpc) is 3.28. The largest absolute Gasteiger partial charge is 0.522 e. The van der Waals surface area contributed by atoms with E-state index >= 15 is 0 Å². The normalized spacial score (nSPS) is 18.3. The van der Waals surface area contributed by atoms with Crippen LogP contribution in [0.2, 0.25) is 0 Å². The SMILES string of the molecule is CC(C)(C)OC(=O)N1C[C@@H](NC(=O)OCc2ccccc2)CC[C@@H]1c1nnc(OCCOC(F)(F)F)o1. The Kier molecular flexibility index (Phi) is 9.18. The predicted molar refractivity (Wildman–Crippen MR) is 120 cm³/mol. The Morgan fingerprint density at radius 2 is 1.84 bits per heavy atom. The zero-order chi connectivity index (χ0) is 27.1. The number of ether oxygens (including phenoxy) is 4. The summed E-state index contributed by atoms with van der Waals surface area (Å²) in [4.78, 5) is 26.6. The van der Waals surface area contributed by atoms with Crippen LogP contribution in [-0.4, -0.2) is 65.0 Å². The van der Waals surface area contributed by atoms with Crippen molar-refractivity contribution in [3.8, 4) is 6.08 Å². The molecule has 0 aliphatic carbocycles. The fourth-order valence-electron chi connectivity index (χ4n) is 3.50. The summed E-state index contributed by atoms with van der Waals surface area (Å²) < 4.78 is 61.1. The van der Waals surface area contributed by atoms with Crippen LogP contribution >= 0.6 is 0 Å². The molecule has 1 N–H and O–H groups in total. The van der Waals surface area contributed by atoms with Crippen LogP contribution in [0.5, 0.6) is 6.08 Å². The van der Waals surface area contributed by atoms with E-state index in [1.165, 1.54) is 4.90 Å². The van der Waals surface area contributed by atoms with Gasteiger partial charge in [0.05, 0.1) is 12.6 Å². The van der Waals surface area contributed by atoms with Gasteiger partial charge in [-0.25, -0.2) is 9.59 Å². The van der Waals surface area contributed by atoms with Crippen molar-refractivity contribution < 1.29 is 46.1 Å². The first kappa shape index (κ1) is 28.0. The Bertz CT molecular complexity index is 1030. The van der Waals surface area contributed by atoms with Crippen molar-refractivity contribution >= 4 is 12.2 Å². The number of amides is 2. The molecule has 1 aromatic carbocycles. The van der Waals surface area contributed by atoms with Gasteiger partial charge in [0.25, 0.3) is 0 Å². The quantitative estimate of drug-likeness (QED) is 0.496. The molecule has 1 aromatic heterocycles. The third-order valence-electron chi connectivity index (χ3n) is 5.03. The fraction of sp³-hybridized carbons (Fsp3) is 0.565. The number of benzene rings is 1. The van der Waals surface area contributed by atoms with Gasteiger partial charge in [0, 0.05) is 6.54 Å². The lowest BCUT2D eigenvalue weighted by molar-refractivity contribution is -0.325. The van der Waals surface area contributed by atoms with Crippen LogP contribution in [0.25, 0.3) is 0 Å². The highest BCUT2D eigenvalue weighted by molar-refractivity contribution is 5.70. The second kappa shape index (κ2) is 12.1. The first-order valence-corrected chi connectivity index (χ1v) is 11.5. The summed E-state index contributed by atoms with van der Waals surface area (Å²) in [7, 11) is 0. The van der Waals surface area contributed by atoms with Gasteiger partial charge < -0.3 is 23.9 Å². The molecule has 204 valence electrons. The number of aromatic nitrogens is 2. The van der Waals surface area contributed by atoms with E-state index in [1.54, 1.807) is 20.8 Å². The summed E-state index contributed by atoms with van der Waals surface area (Å²) in [6.45, 7) is 4.06. The highest BCUT2D eigenvalue weighted by Gasteiger charge is 2.39. The molecule has 2 aromatic rings. The summed E-state index contributed by atoms with van der Waals surface area (Å²) in [6.07, 6.45) is -5.68. The number of halogens is 3. The van der Waals surface area contributed by atoms with Crippen molar-refractivity contribution in [1.82, 2.24) is 20.4 Å². The van der Waals surface area contributed by atoms with Crippen LogP contribution in [0, 0.1) is 0 Å². The summed E-state index contributed by atoms with van der Waals surface area (Å²) >= 11 is 0. The molecule has 1 saturated heterocycles. The Morgan fingerprint density at radius 3 is 2.51 bits per heavy atom. The third-order valence-corrected chi connectivity index (χ3v) is 5.03. The molecule has 11 nitrogen and oxygen atoms in total. The average molecular weight is 531 g/mol. The minimum absolute atomic E-state index is 0.0164. The molecule has 37 heavy (non-hydrogen) atoms. The van der Waals surface area contributed by atoms with Crippen molar-refractivity contribution in [1.29, 1.82) is 0 Å². The highest BCUT2D eigenvalue weighted by atomic mass is 19.4. The molecule has 1 aliphatic heterocycles. The van der Waals surface area contributed by atoms with Gasteiger partial charge in [-0.1, -0.05) is 35.4 Å². The van der Waals surface area contributed by atoms with E-state index in [2.05, 4.69) is 20.3 Å². The molecular weight excluding hydrogens is 501 g/mol. The molecule has 0 unspecified atom stereocenters. The monoisotopic (exact) mass is 530 g/mol. The van der Waals surface area contributed by atoms with E-state index < -0.39 is 49.4 Å². The molecule has 2 atom stereocenters. The van der Waals surface area contributed by atoms with Gasteiger partial charge in [0.2, 0.25) is 5.89 Å². The van der Waals surface area contributed by atoms with Crippen LogP contribution < -0.4 is 10.1 Å². The summed E-state index contributed by atoms with van der Waals surface area (Å²) in [6, 6.07) is 8.04. The van der Waals surface area contributed by atoms with Crippen LogP contribution in [0.1, 0.15) is 51.1 Å². The molecule has 0 spiro atoms. The summed E-state index contributed by atoms with van der Waals surface area (Å²) in [5.74, 6) is 0.0164. The smallest absolute Gasteiger partial charge is 0.447 e. The molecule has 2 heterocycles. The number of alkyl halides is 3. The zero-order valence-corrected chi connectivity index (χ0v) is 20.6. The Morgan fingerprint density at radius 1 is 1.11 bits per heavy atom. The molecule has 0 saturated carbocycles. The highest BCUT2D eigenvalue weighted by Crippen LogP contribution is 2.33. The summed E-state index contributed by atoms with van der Waals surface area (Å²) in [5.41, 5.74) is 0.0363. The minimum Gasteiger partial charge on any atom is -0.447 e. The second-order valence-corrected chi connectivity index (χ2v) is 9.18. The van der Waals surface area contributed by atoms with Crippen LogP contribution in [0.4, 0.5) is 22.8 Å². The molecule has 3 rings (SSSR count). The van der Waals surface area contributed by atoms with Gasteiger partial charge in [-0.2, -0.15) is 0 Å². The lowest BCUT2D eigenvalue weighted by Gasteiger charge is -2.38. The van der Waals surface area contributed by atoms with E-state index in [0.717, 1.165) is 5.56 Å². The van der Waals surface area contributed by atoms with Crippen molar-refractivity contribution in [3.05, 3.63) is 41.8 Å². The maximum atomic E-state index is 13.0. The van der Waals surface area contributed by atoms with E-state index in [0.29, 0.717) is 12.8 Å². The van der Waals surface area contributed by atoms with Gasteiger partial charge in [-0.3, -0.25) is 9.64 Å². The number of carbonyl (C=O) groups is 2. The molecule has 2 amide bonds. The zero-order valence-electron chi connectivity index (χ0n) is 20.6. The molecule has 1 aliphatic rings.